The zero-order valence-corrected chi connectivity index (χ0v) is 18.5. The van der Waals surface area contributed by atoms with Crippen molar-refractivity contribution >= 4 is 11.8 Å². The fraction of sp³-hybridized carbons (Fsp3) is 0.478. The highest BCUT2D eigenvalue weighted by Gasteiger charge is 2.25. The predicted octanol–water partition coefficient (Wildman–Crippen LogP) is 3.35. The number of aromatic nitrogens is 1. The third-order valence-corrected chi connectivity index (χ3v) is 5.02. The first kappa shape index (κ1) is 22.7. The maximum atomic E-state index is 14.0. The van der Waals surface area contributed by atoms with Gasteiger partial charge >= 0.3 is 0 Å². The lowest BCUT2D eigenvalue weighted by atomic mass is 10.2. The first-order valence-corrected chi connectivity index (χ1v) is 10.8. The summed E-state index contributed by atoms with van der Waals surface area (Å²) in [6.07, 6.45) is 3.45. The van der Waals surface area contributed by atoms with Gasteiger partial charge in [0.2, 0.25) is 0 Å². The molecule has 0 spiro atoms. The van der Waals surface area contributed by atoms with Gasteiger partial charge in [0.05, 0.1) is 20.3 Å². The Bertz CT molecular complexity index is 877. The van der Waals surface area contributed by atoms with Gasteiger partial charge in [-0.3, -0.25) is 0 Å². The van der Waals surface area contributed by atoms with E-state index in [9.17, 15) is 4.39 Å². The topological polar surface area (TPSA) is 71.0 Å². The summed E-state index contributed by atoms with van der Waals surface area (Å²) in [6.45, 7) is 7.45. The lowest BCUT2D eigenvalue weighted by molar-refractivity contribution is 0.294. The molecule has 1 aliphatic rings. The van der Waals surface area contributed by atoms with Gasteiger partial charge in [-0.05, 0) is 49.6 Å². The fourth-order valence-corrected chi connectivity index (χ4v) is 3.51. The number of hydrogen-bond acceptors (Lipinski definition) is 5. The van der Waals surface area contributed by atoms with E-state index in [-0.39, 0.29) is 11.9 Å². The predicted molar refractivity (Wildman–Crippen MR) is 122 cm³/mol. The molecule has 0 radical (unpaired) electrons. The summed E-state index contributed by atoms with van der Waals surface area (Å²) in [5.41, 5.74) is 1.03. The van der Waals surface area contributed by atoms with E-state index in [0.717, 1.165) is 43.2 Å². The molecule has 168 valence electrons. The quantitative estimate of drug-likeness (QED) is 0.471. The molecule has 0 amide bonds. The van der Waals surface area contributed by atoms with Crippen molar-refractivity contribution in [2.45, 2.75) is 39.3 Å². The summed E-state index contributed by atoms with van der Waals surface area (Å²) in [7, 11) is 1.64. The smallest absolute Gasteiger partial charge is 0.191 e. The van der Waals surface area contributed by atoms with Crippen LogP contribution in [0.3, 0.4) is 0 Å². The molecule has 8 heteroatoms. The van der Waals surface area contributed by atoms with Crippen LogP contribution in [-0.2, 0) is 6.54 Å². The van der Waals surface area contributed by atoms with Crippen LogP contribution in [0.4, 0.5) is 10.2 Å². The number of nitrogens with one attached hydrogen (secondary N) is 2. The van der Waals surface area contributed by atoms with Gasteiger partial charge in [-0.2, -0.15) is 0 Å². The second-order valence-corrected chi connectivity index (χ2v) is 7.41. The molecule has 2 aromatic rings. The number of benzene rings is 1. The Balaban J connectivity index is 1.62. The van der Waals surface area contributed by atoms with E-state index in [1.165, 1.54) is 6.07 Å². The minimum Gasteiger partial charge on any atom is -0.493 e. The number of methoxy groups -OCH3 is 1. The lowest BCUT2D eigenvalue weighted by Gasteiger charge is -2.20. The van der Waals surface area contributed by atoms with E-state index in [1.807, 2.05) is 30.0 Å². The zero-order chi connectivity index (χ0) is 22.1. The van der Waals surface area contributed by atoms with Crippen LogP contribution in [0.5, 0.6) is 11.5 Å². The number of pyridine rings is 1. The molecule has 1 aromatic carbocycles. The van der Waals surface area contributed by atoms with Gasteiger partial charge in [-0.15, -0.1) is 0 Å². The SMILES string of the molecule is CCCOc1ccc(CN=C(NCC)NC2CCN(c3ncccc3F)C2)cc1OC. The molecule has 7 nitrogen and oxygen atoms in total. The molecule has 2 heterocycles. The number of aliphatic imine (C=N–C) groups is 1. The molecule has 1 aliphatic heterocycles. The molecule has 0 aliphatic carbocycles. The van der Waals surface area contributed by atoms with E-state index in [0.29, 0.717) is 31.3 Å². The molecule has 0 bridgehead atoms. The van der Waals surface area contributed by atoms with Gasteiger partial charge in [-0.1, -0.05) is 13.0 Å². The second-order valence-electron chi connectivity index (χ2n) is 7.41. The summed E-state index contributed by atoms with van der Waals surface area (Å²) in [4.78, 5) is 10.9. The minimum atomic E-state index is -0.288. The number of ether oxygens (including phenoxy) is 2. The average molecular weight is 430 g/mol. The van der Waals surface area contributed by atoms with Gasteiger partial charge in [0.1, 0.15) is 0 Å². The molecule has 1 unspecified atom stereocenters. The summed E-state index contributed by atoms with van der Waals surface area (Å²) in [6, 6.07) is 9.11. The largest absolute Gasteiger partial charge is 0.493 e. The van der Waals surface area contributed by atoms with Crippen molar-refractivity contribution in [3.8, 4) is 11.5 Å². The Labute approximate surface area is 183 Å². The molecule has 3 rings (SSSR count). The van der Waals surface area contributed by atoms with Crippen LogP contribution >= 0.6 is 0 Å². The fourth-order valence-electron chi connectivity index (χ4n) is 3.51. The number of guanidine groups is 1. The third-order valence-electron chi connectivity index (χ3n) is 5.02. The zero-order valence-electron chi connectivity index (χ0n) is 18.5. The highest BCUT2D eigenvalue weighted by atomic mass is 19.1. The van der Waals surface area contributed by atoms with Crippen molar-refractivity contribution in [1.29, 1.82) is 0 Å². The lowest BCUT2D eigenvalue weighted by Crippen LogP contribution is -2.44. The van der Waals surface area contributed by atoms with Crippen LogP contribution in [0.2, 0.25) is 0 Å². The van der Waals surface area contributed by atoms with Crippen molar-refractivity contribution in [3.05, 3.63) is 47.9 Å². The maximum absolute atomic E-state index is 14.0. The molecule has 31 heavy (non-hydrogen) atoms. The van der Waals surface area contributed by atoms with Crippen LogP contribution in [-0.4, -0.2) is 50.3 Å². The van der Waals surface area contributed by atoms with Gasteiger partial charge < -0.3 is 25.0 Å². The highest BCUT2D eigenvalue weighted by molar-refractivity contribution is 5.80. The van der Waals surface area contributed by atoms with E-state index in [1.54, 1.807) is 19.4 Å². The first-order valence-electron chi connectivity index (χ1n) is 10.8. The molecular weight excluding hydrogens is 397 g/mol. The molecular formula is C23H32FN5O2. The molecule has 0 saturated carbocycles. The van der Waals surface area contributed by atoms with Crippen LogP contribution in [0, 0.1) is 5.82 Å². The van der Waals surface area contributed by atoms with Crippen LogP contribution in [0.15, 0.2) is 41.5 Å². The molecule has 1 aromatic heterocycles. The Morgan fingerprint density at radius 2 is 2.16 bits per heavy atom. The van der Waals surface area contributed by atoms with Gasteiger partial charge in [0.15, 0.2) is 29.1 Å². The summed E-state index contributed by atoms with van der Waals surface area (Å²) in [5, 5.41) is 6.75. The van der Waals surface area contributed by atoms with E-state index in [2.05, 4.69) is 22.5 Å². The first-order chi connectivity index (χ1) is 15.1. The molecule has 1 atom stereocenters. The van der Waals surface area contributed by atoms with Gasteiger partial charge in [-0.25, -0.2) is 14.4 Å². The van der Waals surface area contributed by atoms with Crippen molar-refractivity contribution in [2.24, 2.45) is 4.99 Å². The Morgan fingerprint density at radius 3 is 2.90 bits per heavy atom. The second kappa shape index (κ2) is 11.4. The number of halogens is 1. The standard InChI is InChI=1S/C23H32FN5O2/c1-4-13-31-20-9-8-17(14-21(20)30-3)15-27-23(25-5-2)28-18-10-12-29(16-18)22-19(24)7-6-11-26-22/h6-9,11,14,18H,4-5,10,12-13,15-16H2,1-3H3,(H2,25,27,28). The molecule has 1 saturated heterocycles. The van der Waals surface area contributed by atoms with E-state index in [4.69, 9.17) is 14.5 Å². The maximum Gasteiger partial charge on any atom is 0.191 e. The van der Waals surface area contributed by atoms with Crippen molar-refractivity contribution in [3.63, 3.8) is 0 Å². The number of hydrogen-bond donors (Lipinski definition) is 2. The van der Waals surface area contributed by atoms with Crippen LogP contribution < -0.4 is 25.0 Å². The number of nitrogens with zero attached hydrogens (tertiary/aromatic N) is 3. The minimum absolute atomic E-state index is 0.165. The van der Waals surface area contributed by atoms with Crippen LogP contribution in [0.1, 0.15) is 32.3 Å². The monoisotopic (exact) mass is 429 g/mol. The summed E-state index contributed by atoms with van der Waals surface area (Å²) in [5.74, 6) is 2.31. The molecule has 2 N–H and O–H groups in total. The van der Waals surface area contributed by atoms with Crippen molar-refractivity contribution < 1.29 is 13.9 Å². The summed E-state index contributed by atoms with van der Waals surface area (Å²) >= 11 is 0. The Hall–Kier alpha value is -3.03. The van der Waals surface area contributed by atoms with Crippen molar-refractivity contribution in [2.75, 3.05) is 38.3 Å². The van der Waals surface area contributed by atoms with Gasteiger partial charge in [0, 0.05) is 31.9 Å². The number of anilines is 1. The Morgan fingerprint density at radius 1 is 1.29 bits per heavy atom. The van der Waals surface area contributed by atoms with E-state index >= 15 is 0 Å². The van der Waals surface area contributed by atoms with Crippen molar-refractivity contribution in [1.82, 2.24) is 15.6 Å². The summed E-state index contributed by atoms with van der Waals surface area (Å²) < 4.78 is 25.2. The third kappa shape index (κ3) is 6.23. The number of rotatable bonds is 9. The van der Waals surface area contributed by atoms with Gasteiger partial charge in [0.25, 0.3) is 0 Å². The normalized spacial score (nSPS) is 16.3. The van der Waals surface area contributed by atoms with Crippen LogP contribution in [0.25, 0.3) is 0 Å². The highest BCUT2D eigenvalue weighted by Crippen LogP contribution is 2.28. The Kier molecular flexibility index (Phi) is 8.32. The average Bonchev–Trinajstić information content (AvgIpc) is 3.25. The molecule has 1 fully saturated rings. The van der Waals surface area contributed by atoms with E-state index < -0.39 is 0 Å².